The highest BCUT2D eigenvalue weighted by Gasteiger charge is 2.01. The van der Waals surface area contributed by atoms with Crippen molar-refractivity contribution in [3.63, 3.8) is 0 Å². The molecule has 1 heterocycles. The smallest absolute Gasteiger partial charge is 0.191 e. The molecular formula is C16H32IN5O. The van der Waals surface area contributed by atoms with Crippen LogP contribution >= 0.6 is 24.0 Å². The summed E-state index contributed by atoms with van der Waals surface area (Å²) in [5.41, 5.74) is 1.22. The number of hydrogen-bond donors (Lipinski definition) is 2. The fourth-order valence-electron chi connectivity index (χ4n) is 2.12. The van der Waals surface area contributed by atoms with Crippen molar-refractivity contribution in [1.29, 1.82) is 0 Å². The fourth-order valence-corrected chi connectivity index (χ4v) is 2.12. The third-order valence-electron chi connectivity index (χ3n) is 3.33. The fraction of sp³-hybridized carbons (Fsp3) is 0.688. The van der Waals surface area contributed by atoms with Crippen LogP contribution in [0.25, 0.3) is 0 Å². The SMILES string of the molecule is CCNC(=NCc1ccn(C)c1)NCCN(C)CCCOC.I. The molecule has 2 N–H and O–H groups in total. The highest BCUT2D eigenvalue weighted by atomic mass is 127. The average Bonchev–Trinajstić information content (AvgIpc) is 2.91. The van der Waals surface area contributed by atoms with E-state index < -0.39 is 0 Å². The van der Waals surface area contributed by atoms with E-state index in [1.54, 1.807) is 7.11 Å². The molecular weight excluding hydrogens is 405 g/mol. The quantitative estimate of drug-likeness (QED) is 0.253. The molecule has 0 aliphatic carbocycles. The summed E-state index contributed by atoms with van der Waals surface area (Å²) >= 11 is 0. The van der Waals surface area contributed by atoms with Crippen LogP contribution in [-0.4, -0.2) is 62.4 Å². The highest BCUT2D eigenvalue weighted by Crippen LogP contribution is 2.00. The summed E-state index contributed by atoms with van der Waals surface area (Å²) in [4.78, 5) is 6.91. The van der Waals surface area contributed by atoms with Crippen LogP contribution < -0.4 is 10.6 Å². The van der Waals surface area contributed by atoms with E-state index in [1.165, 1.54) is 5.56 Å². The largest absolute Gasteiger partial charge is 0.385 e. The van der Waals surface area contributed by atoms with Gasteiger partial charge < -0.3 is 24.8 Å². The number of aliphatic imine (C=N–C) groups is 1. The summed E-state index contributed by atoms with van der Waals surface area (Å²) in [7, 11) is 5.90. The van der Waals surface area contributed by atoms with E-state index in [-0.39, 0.29) is 24.0 Å². The van der Waals surface area contributed by atoms with E-state index in [1.807, 2.05) is 17.8 Å². The summed E-state index contributed by atoms with van der Waals surface area (Å²) in [6, 6.07) is 2.09. The van der Waals surface area contributed by atoms with Crippen LogP contribution in [0.3, 0.4) is 0 Å². The Balaban J connectivity index is 0.00000484. The minimum atomic E-state index is 0. The van der Waals surface area contributed by atoms with Crippen LogP contribution in [0, 0.1) is 0 Å². The van der Waals surface area contributed by atoms with E-state index in [0.29, 0.717) is 6.54 Å². The van der Waals surface area contributed by atoms with Gasteiger partial charge in [0.2, 0.25) is 0 Å². The van der Waals surface area contributed by atoms with E-state index in [9.17, 15) is 0 Å². The third-order valence-corrected chi connectivity index (χ3v) is 3.33. The number of halogens is 1. The van der Waals surface area contributed by atoms with Crippen LogP contribution in [0.15, 0.2) is 23.5 Å². The molecule has 1 rings (SSSR count). The van der Waals surface area contributed by atoms with Crippen LogP contribution in [0.1, 0.15) is 18.9 Å². The van der Waals surface area contributed by atoms with Crippen LogP contribution in [0.2, 0.25) is 0 Å². The highest BCUT2D eigenvalue weighted by molar-refractivity contribution is 14.0. The van der Waals surface area contributed by atoms with Gasteiger partial charge in [-0.25, -0.2) is 4.99 Å². The zero-order chi connectivity index (χ0) is 16.2. The lowest BCUT2D eigenvalue weighted by Crippen LogP contribution is -2.41. The molecule has 0 saturated carbocycles. The van der Waals surface area contributed by atoms with E-state index in [2.05, 4.69) is 46.8 Å². The summed E-state index contributed by atoms with van der Waals surface area (Å²) in [5, 5.41) is 6.66. The van der Waals surface area contributed by atoms with E-state index in [0.717, 1.165) is 45.2 Å². The van der Waals surface area contributed by atoms with Crippen molar-refractivity contribution < 1.29 is 4.74 Å². The van der Waals surface area contributed by atoms with Gasteiger partial charge in [-0.15, -0.1) is 24.0 Å². The number of guanidine groups is 1. The molecule has 0 spiro atoms. The molecule has 0 bridgehead atoms. The van der Waals surface area contributed by atoms with Gasteiger partial charge in [0.25, 0.3) is 0 Å². The number of rotatable bonds is 10. The van der Waals surface area contributed by atoms with Gasteiger partial charge in [-0.3, -0.25) is 0 Å². The molecule has 0 saturated heterocycles. The maximum atomic E-state index is 5.07. The molecule has 0 radical (unpaired) electrons. The van der Waals surface area contributed by atoms with Gasteiger partial charge in [-0.05, 0) is 32.0 Å². The summed E-state index contributed by atoms with van der Waals surface area (Å²) in [6.07, 6.45) is 5.20. The van der Waals surface area contributed by atoms with Gasteiger partial charge in [0.05, 0.1) is 6.54 Å². The lowest BCUT2D eigenvalue weighted by atomic mass is 10.3. The first kappa shape index (κ1) is 22.2. The Morgan fingerprint density at radius 3 is 2.74 bits per heavy atom. The second-order valence-corrected chi connectivity index (χ2v) is 5.46. The maximum absolute atomic E-state index is 5.07. The average molecular weight is 437 g/mol. The number of nitrogens with one attached hydrogen (secondary N) is 2. The van der Waals surface area contributed by atoms with E-state index >= 15 is 0 Å². The zero-order valence-corrected chi connectivity index (χ0v) is 17.2. The van der Waals surface area contributed by atoms with Gasteiger partial charge >= 0.3 is 0 Å². The lowest BCUT2D eigenvalue weighted by Gasteiger charge is -2.18. The van der Waals surface area contributed by atoms with Crippen molar-refractivity contribution in [2.75, 3.05) is 46.9 Å². The van der Waals surface area contributed by atoms with Crippen molar-refractivity contribution >= 4 is 29.9 Å². The molecule has 0 amide bonds. The Morgan fingerprint density at radius 2 is 2.13 bits per heavy atom. The first-order valence-electron chi connectivity index (χ1n) is 7.96. The number of ether oxygens (including phenoxy) is 1. The standard InChI is InChI=1S/C16H31N5O.HI/c1-5-17-16(19-13-15-7-10-21(3)14-15)18-8-11-20(2)9-6-12-22-4;/h7,10,14H,5-6,8-9,11-13H2,1-4H3,(H2,17,18,19);1H. The van der Waals surface area contributed by atoms with Gasteiger partial charge in [0.1, 0.15) is 0 Å². The zero-order valence-electron chi connectivity index (χ0n) is 14.8. The molecule has 0 aliphatic heterocycles. The molecule has 1 aromatic rings. The first-order chi connectivity index (χ1) is 10.7. The van der Waals surface area contributed by atoms with Gasteiger partial charge in [0.15, 0.2) is 5.96 Å². The minimum Gasteiger partial charge on any atom is -0.385 e. The molecule has 0 aromatic carbocycles. The molecule has 23 heavy (non-hydrogen) atoms. The van der Waals surface area contributed by atoms with Gasteiger partial charge in [-0.2, -0.15) is 0 Å². The molecule has 6 nitrogen and oxygen atoms in total. The predicted octanol–water partition coefficient (Wildman–Crippen LogP) is 1.67. The summed E-state index contributed by atoms with van der Waals surface area (Å²) < 4.78 is 7.11. The monoisotopic (exact) mass is 437 g/mol. The second kappa shape index (κ2) is 13.6. The van der Waals surface area contributed by atoms with Crippen LogP contribution in [0.4, 0.5) is 0 Å². The van der Waals surface area contributed by atoms with Crippen molar-refractivity contribution in [2.45, 2.75) is 19.9 Å². The summed E-state index contributed by atoms with van der Waals surface area (Å²) in [5.74, 6) is 0.872. The van der Waals surface area contributed by atoms with Crippen LogP contribution in [-0.2, 0) is 18.3 Å². The van der Waals surface area contributed by atoms with Gasteiger partial charge in [-0.1, -0.05) is 0 Å². The molecule has 134 valence electrons. The number of nitrogens with zero attached hydrogens (tertiary/aromatic N) is 3. The lowest BCUT2D eigenvalue weighted by molar-refractivity contribution is 0.180. The first-order valence-corrected chi connectivity index (χ1v) is 7.96. The topological polar surface area (TPSA) is 53.8 Å². The number of hydrogen-bond acceptors (Lipinski definition) is 3. The van der Waals surface area contributed by atoms with Gasteiger partial charge in [0, 0.05) is 59.3 Å². The van der Waals surface area contributed by atoms with Crippen molar-refractivity contribution in [1.82, 2.24) is 20.1 Å². The Bertz CT molecular complexity index is 436. The number of likely N-dealkylation sites (N-methyl/N-ethyl adjacent to an activating group) is 1. The Labute approximate surface area is 157 Å². The van der Waals surface area contributed by atoms with Crippen LogP contribution in [0.5, 0.6) is 0 Å². The normalized spacial score (nSPS) is 11.4. The predicted molar refractivity (Wildman–Crippen MR) is 108 cm³/mol. The summed E-state index contributed by atoms with van der Waals surface area (Å²) in [6.45, 7) is 7.37. The van der Waals surface area contributed by atoms with Crippen molar-refractivity contribution in [2.24, 2.45) is 12.0 Å². The third kappa shape index (κ3) is 10.6. The molecule has 0 unspecified atom stereocenters. The number of methoxy groups -OCH3 is 1. The molecule has 0 fully saturated rings. The Morgan fingerprint density at radius 1 is 1.35 bits per heavy atom. The number of aromatic nitrogens is 1. The Hall–Kier alpha value is -0.800. The van der Waals surface area contributed by atoms with Crippen molar-refractivity contribution in [3.05, 3.63) is 24.0 Å². The molecule has 1 aromatic heterocycles. The molecule has 7 heteroatoms. The minimum absolute atomic E-state index is 0. The number of aryl methyl sites for hydroxylation is 1. The second-order valence-electron chi connectivity index (χ2n) is 5.46. The van der Waals surface area contributed by atoms with Crippen molar-refractivity contribution in [3.8, 4) is 0 Å². The maximum Gasteiger partial charge on any atom is 0.191 e. The Kier molecular flexibility index (Phi) is 13.1. The molecule has 0 atom stereocenters. The van der Waals surface area contributed by atoms with E-state index in [4.69, 9.17) is 4.74 Å². The molecule has 0 aliphatic rings.